The summed E-state index contributed by atoms with van der Waals surface area (Å²) in [6, 6.07) is 7.07. The van der Waals surface area contributed by atoms with Gasteiger partial charge in [0.25, 0.3) is 0 Å². The third-order valence-corrected chi connectivity index (χ3v) is 3.55. The first-order valence-corrected chi connectivity index (χ1v) is 5.84. The monoisotopic (exact) mass is 220 g/mol. The fourth-order valence-corrected chi connectivity index (χ4v) is 2.60. The maximum atomic E-state index is 2.44. The Morgan fingerprint density at radius 2 is 1.94 bits per heavy atom. The second kappa shape index (κ2) is 6.08. The molecule has 0 nitrogen and oxygen atoms in total. The molecule has 1 aromatic rings. The van der Waals surface area contributed by atoms with Gasteiger partial charge in [0.2, 0.25) is 0 Å². The van der Waals surface area contributed by atoms with Crippen molar-refractivity contribution in [2.75, 3.05) is 0 Å². The van der Waals surface area contributed by atoms with Crippen molar-refractivity contribution >= 4 is 0 Å². The third kappa shape index (κ3) is 2.66. The van der Waals surface area contributed by atoms with Crippen molar-refractivity contribution in [3.05, 3.63) is 34.9 Å². The van der Waals surface area contributed by atoms with Gasteiger partial charge >= 0.3 is 0 Å². The molecule has 2 rings (SSSR count). The second-order valence-corrected chi connectivity index (χ2v) is 4.78. The summed E-state index contributed by atoms with van der Waals surface area (Å²) in [5.41, 5.74) is 4.73. The van der Waals surface area contributed by atoms with E-state index in [1.54, 1.807) is 11.1 Å². The highest BCUT2D eigenvalue weighted by Crippen LogP contribution is 2.38. The quantitative estimate of drug-likeness (QED) is 0.642. The molecule has 0 aliphatic heterocycles. The summed E-state index contributed by atoms with van der Waals surface area (Å²) in [7, 11) is 0. The van der Waals surface area contributed by atoms with Gasteiger partial charge in [-0.25, -0.2) is 0 Å². The van der Waals surface area contributed by atoms with E-state index >= 15 is 0 Å². The first-order chi connectivity index (χ1) is 6.72. The SMILES string of the molecule is C.C.CCc1ccc2c(c1)C(C(C)C)CC2. The Kier molecular flexibility index (Phi) is 5.78. The summed E-state index contributed by atoms with van der Waals surface area (Å²) in [6.45, 7) is 6.93. The van der Waals surface area contributed by atoms with Crippen LogP contribution in [0.5, 0.6) is 0 Å². The van der Waals surface area contributed by atoms with Crippen LogP contribution in [0, 0.1) is 5.92 Å². The topological polar surface area (TPSA) is 0 Å². The molecule has 16 heavy (non-hydrogen) atoms. The molecule has 0 saturated heterocycles. The van der Waals surface area contributed by atoms with Gasteiger partial charge in [0.15, 0.2) is 0 Å². The number of hydrogen-bond donors (Lipinski definition) is 0. The molecule has 1 aliphatic carbocycles. The van der Waals surface area contributed by atoms with Crippen LogP contribution in [0.4, 0.5) is 0 Å². The van der Waals surface area contributed by atoms with E-state index in [-0.39, 0.29) is 14.9 Å². The molecular weight excluding hydrogens is 192 g/mol. The Bertz CT molecular complexity index is 323. The van der Waals surface area contributed by atoms with E-state index in [9.17, 15) is 0 Å². The van der Waals surface area contributed by atoms with Crippen LogP contribution in [0.15, 0.2) is 18.2 Å². The minimum atomic E-state index is 0. The standard InChI is InChI=1S/C14H20.2CH4/c1-4-11-5-6-12-7-8-13(10(2)3)14(12)9-11;;/h5-6,9-10,13H,4,7-8H2,1-3H3;2*1H4. The summed E-state index contributed by atoms with van der Waals surface area (Å²) in [5.74, 6) is 1.61. The highest BCUT2D eigenvalue weighted by Gasteiger charge is 2.24. The summed E-state index contributed by atoms with van der Waals surface area (Å²) < 4.78 is 0. The van der Waals surface area contributed by atoms with Gasteiger partial charge in [-0.1, -0.05) is 53.8 Å². The van der Waals surface area contributed by atoms with Gasteiger partial charge in [-0.15, -0.1) is 0 Å². The van der Waals surface area contributed by atoms with Gasteiger partial charge in [0, 0.05) is 0 Å². The van der Waals surface area contributed by atoms with E-state index < -0.39 is 0 Å². The van der Waals surface area contributed by atoms with Crippen LogP contribution in [0.2, 0.25) is 0 Å². The van der Waals surface area contributed by atoms with Gasteiger partial charge < -0.3 is 0 Å². The van der Waals surface area contributed by atoms with Crippen molar-refractivity contribution in [2.45, 2.75) is 60.8 Å². The highest BCUT2D eigenvalue weighted by atomic mass is 14.3. The average molecular weight is 220 g/mol. The zero-order valence-corrected chi connectivity index (χ0v) is 9.51. The van der Waals surface area contributed by atoms with Gasteiger partial charge in [0.1, 0.15) is 0 Å². The van der Waals surface area contributed by atoms with Crippen LogP contribution in [0.25, 0.3) is 0 Å². The van der Waals surface area contributed by atoms with Crippen molar-refractivity contribution in [1.29, 1.82) is 0 Å². The predicted molar refractivity (Wildman–Crippen MR) is 75.2 cm³/mol. The smallest absolute Gasteiger partial charge is 0.0133 e. The Hall–Kier alpha value is -0.780. The van der Waals surface area contributed by atoms with Crippen LogP contribution in [0.1, 0.15) is 64.7 Å². The van der Waals surface area contributed by atoms with E-state index in [1.165, 1.54) is 18.4 Å². The Balaban J connectivity index is 0.00000112. The first kappa shape index (κ1) is 15.2. The van der Waals surface area contributed by atoms with E-state index in [0.717, 1.165) is 18.3 Å². The fraction of sp³-hybridized carbons (Fsp3) is 0.625. The molecule has 1 unspecified atom stereocenters. The molecule has 0 aromatic heterocycles. The van der Waals surface area contributed by atoms with Crippen LogP contribution in [-0.2, 0) is 12.8 Å². The minimum Gasteiger partial charge on any atom is -0.0776 e. The number of benzene rings is 1. The normalized spacial score (nSPS) is 17.6. The summed E-state index contributed by atoms with van der Waals surface area (Å²) in [5, 5.41) is 0. The molecule has 0 N–H and O–H groups in total. The lowest BCUT2D eigenvalue weighted by Gasteiger charge is -2.16. The van der Waals surface area contributed by atoms with Crippen molar-refractivity contribution in [3.8, 4) is 0 Å². The zero-order valence-electron chi connectivity index (χ0n) is 9.51. The molecule has 0 spiro atoms. The van der Waals surface area contributed by atoms with Gasteiger partial charge in [-0.2, -0.15) is 0 Å². The summed E-state index contributed by atoms with van der Waals surface area (Å²) in [6.07, 6.45) is 3.82. The maximum absolute atomic E-state index is 2.44. The summed E-state index contributed by atoms with van der Waals surface area (Å²) in [4.78, 5) is 0. The lowest BCUT2D eigenvalue weighted by atomic mass is 9.89. The van der Waals surface area contributed by atoms with Crippen LogP contribution in [0.3, 0.4) is 0 Å². The van der Waals surface area contributed by atoms with Crippen molar-refractivity contribution in [2.24, 2.45) is 5.92 Å². The Labute approximate surface area is 102 Å². The van der Waals surface area contributed by atoms with E-state index in [4.69, 9.17) is 0 Å². The minimum absolute atomic E-state index is 0. The Morgan fingerprint density at radius 3 is 2.50 bits per heavy atom. The number of rotatable bonds is 2. The van der Waals surface area contributed by atoms with Crippen LogP contribution >= 0.6 is 0 Å². The van der Waals surface area contributed by atoms with Gasteiger partial charge in [-0.05, 0) is 47.8 Å². The van der Waals surface area contributed by atoms with Gasteiger partial charge in [0.05, 0.1) is 0 Å². The molecule has 0 heteroatoms. The molecule has 1 aromatic carbocycles. The molecule has 0 saturated carbocycles. The van der Waals surface area contributed by atoms with Crippen molar-refractivity contribution in [3.63, 3.8) is 0 Å². The van der Waals surface area contributed by atoms with E-state index in [0.29, 0.717) is 0 Å². The second-order valence-electron chi connectivity index (χ2n) is 4.78. The third-order valence-electron chi connectivity index (χ3n) is 3.55. The van der Waals surface area contributed by atoms with E-state index in [1.807, 2.05) is 0 Å². The van der Waals surface area contributed by atoms with Crippen molar-refractivity contribution in [1.82, 2.24) is 0 Å². The van der Waals surface area contributed by atoms with Gasteiger partial charge in [-0.3, -0.25) is 0 Å². The van der Waals surface area contributed by atoms with Crippen LogP contribution < -0.4 is 0 Å². The number of aryl methyl sites for hydroxylation is 2. The molecule has 1 atom stereocenters. The first-order valence-electron chi connectivity index (χ1n) is 5.84. The Morgan fingerprint density at radius 1 is 1.25 bits per heavy atom. The molecule has 92 valence electrons. The average Bonchev–Trinajstić information content (AvgIpc) is 2.59. The molecule has 1 aliphatic rings. The zero-order chi connectivity index (χ0) is 10.1. The molecule has 0 amide bonds. The molecular formula is C16H28. The fourth-order valence-electron chi connectivity index (χ4n) is 2.60. The van der Waals surface area contributed by atoms with E-state index in [2.05, 4.69) is 39.0 Å². The maximum Gasteiger partial charge on any atom is -0.0133 e. The van der Waals surface area contributed by atoms with Crippen LogP contribution in [-0.4, -0.2) is 0 Å². The highest BCUT2D eigenvalue weighted by molar-refractivity contribution is 5.38. The number of hydrogen-bond acceptors (Lipinski definition) is 0. The molecule has 0 bridgehead atoms. The lowest BCUT2D eigenvalue weighted by Crippen LogP contribution is -2.02. The largest absolute Gasteiger partial charge is 0.0776 e. The predicted octanol–water partition coefficient (Wildman–Crippen LogP) is 5.21. The number of fused-ring (bicyclic) bond motifs is 1. The lowest BCUT2D eigenvalue weighted by molar-refractivity contribution is 0.495. The summed E-state index contributed by atoms with van der Waals surface area (Å²) >= 11 is 0. The van der Waals surface area contributed by atoms with Crippen molar-refractivity contribution < 1.29 is 0 Å². The molecule has 0 radical (unpaired) electrons. The molecule has 0 fully saturated rings. The molecule has 0 heterocycles.